The molecule has 1 amide bonds. The van der Waals surface area contributed by atoms with Crippen LogP contribution >= 0.6 is 7.60 Å². The average molecular weight is 305 g/mol. The fourth-order valence-corrected chi connectivity index (χ4v) is 4.18. The van der Waals surface area contributed by atoms with Crippen molar-refractivity contribution in [2.75, 3.05) is 0 Å². The van der Waals surface area contributed by atoms with Crippen LogP contribution < -0.4 is 5.32 Å². The first-order valence-corrected chi connectivity index (χ1v) is 8.80. The van der Waals surface area contributed by atoms with Gasteiger partial charge >= 0.3 is 7.60 Å². The highest BCUT2D eigenvalue weighted by Crippen LogP contribution is 2.59. The normalized spacial score (nSPS) is 13.9. The van der Waals surface area contributed by atoms with Gasteiger partial charge in [0, 0.05) is 12.6 Å². The summed E-state index contributed by atoms with van der Waals surface area (Å²) in [5.41, 5.74) is 1.27. The molecule has 0 aliphatic carbocycles. The Balaban J connectivity index is 5.91. The van der Waals surface area contributed by atoms with Gasteiger partial charge in [-0.3, -0.25) is 9.36 Å². The topological polar surface area (TPSA) is 86.6 Å². The minimum Gasteiger partial charge on any atom is -0.330 e. The number of unbranched alkanes of at least 4 members (excludes halogenated alkanes) is 1. The molecule has 0 aliphatic rings. The average Bonchev–Trinajstić information content (AvgIpc) is 2.32. The molecular weight excluding hydrogens is 277 g/mol. The van der Waals surface area contributed by atoms with Crippen LogP contribution in [0.25, 0.3) is 0 Å². The van der Waals surface area contributed by atoms with Gasteiger partial charge in [-0.25, -0.2) is 0 Å². The molecule has 0 saturated carbocycles. The fraction of sp³-hybridized carbons (Fsp3) is 0.786. The number of amides is 1. The molecule has 0 saturated heterocycles. The maximum Gasteiger partial charge on any atom is 0.335 e. The molecule has 0 unspecified atom stereocenters. The summed E-state index contributed by atoms with van der Waals surface area (Å²) in [5.74, 6) is -0.219. The predicted molar refractivity (Wildman–Crippen MR) is 81.4 cm³/mol. The van der Waals surface area contributed by atoms with E-state index in [9.17, 15) is 19.1 Å². The van der Waals surface area contributed by atoms with Gasteiger partial charge in [-0.05, 0) is 38.2 Å². The smallest absolute Gasteiger partial charge is 0.330 e. The second-order valence-electron chi connectivity index (χ2n) is 5.17. The molecule has 0 fully saturated rings. The van der Waals surface area contributed by atoms with Crippen molar-refractivity contribution in [2.24, 2.45) is 0 Å². The number of carbonyl (C=O) groups is 1. The molecule has 5 nitrogen and oxygen atoms in total. The van der Waals surface area contributed by atoms with Crippen molar-refractivity contribution < 1.29 is 19.1 Å². The third kappa shape index (κ3) is 4.44. The SMILES string of the molecule is CCCCC(=C(C)NC(C)=O)C(CC)(CC)P(=O)(O)O. The highest BCUT2D eigenvalue weighted by atomic mass is 31.2. The number of nitrogens with one attached hydrogen (secondary N) is 1. The molecule has 0 atom stereocenters. The van der Waals surface area contributed by atoms with E-state index in [0.717, 1.165) is 12.8 Å². The van der Waals surface area contributed by atoms with Crippen molar-refractivity contribution >= 4 is 13.5 Å². The standard InChI is InChI=1S/C14H28NO4P/c1-6-9-10-13(11(4)15-12(5)16)14(7-2,8-3)20(17,18)19/h6-10H2,1-5H3,(H,15,16)(H2,17,18,19). The molecule has 118 valence electrons. The van der Waals surface area contributed by atoms with Crippen molar-refractivity contribution in [2.45, 2.75) is 71.9 Å². The first-order chi connectivity index (χ1) is 9.16. The quantitative estimate of drug-likeness (QED) is 0.600. The molecule has 0 heterocycles. The van der Waals surface area contributed by atoms with E-state index < -0.39 is 12.8 Å². The summed E-state index contributed by atoms with van der Waals surface area (Å²) in [7, 11) is -4.31. The first-order valence-electron chi connectivity index (χ1n) is 7.19. The molecule has 6 heteroatoms. The van der Waals surface area contributed by atoms with E-state index in [1.54, 1.807) is 20.8 Å². The molecular formula is C14H28NO4P. The Labute approximate surface area is 122 Å². The Hall–Kier alpha value is -0.640. The molecule has 0 rings (SSSR count). The van der Waals surface area contributed by atoms with Crippen LogP contribution in [-0.2, 0) is 9.36 Å². The van der Waals surface area contributed by atoms with Crippen molar-refractivity contribution in [1.82, 2.24) is 5.32 Å². The minimum absolute atomic E-state index is 0.219. The zero-order chi connectivity index (χ0) is 16.0. The number of hydrogen-bond acceptors (Lipinski definition) is 2. The number of carbonyl (C=O) groups excluding carboxylic acids is 1. The lowest BCUT2D eigenvalue weighted by atomic mass is 9.87. The summed E-state index contributed by atoms with van der Waals surface area (Å²) in [5, 5.41) is 1.52. The van der Waals surface area contributed by atoms with Crippen molar-refractivity contribution in [3.8, 4) is 0 Å². The van der Waals surface area contributed by atoms with Gasteiger partial charge in [0.05, 0.1) is 5.16 Å². The van der Waals surface area contributed by atoms with E-state index in [0.29, 0.717) is 30.5 Å². The molecule has 0 aromatic rings. The van der Waals surface area contributed by atoms with E-state index in [1.807, 2.05) is 6.92 Å². The monoisotopic (exact) mass is 305 g/mol. The van der Waals surface area contributed by atoms with Crippen LogP contribution in [0.15, 0.2) is 11.3 Å². The number of rotatable bonds is 8. The summed E-state index contributed by atoms with van der Waals surface area (Å²) in [6.07, 6.45) is 3.07. The lowest BCUT2D eigenvalue weighted by molar-refractivity contribution is -0.118. The largest absolute Gasteiger partial charge is 0.335 e. The summed E-state index contributed by atoms with van der Waals surface area (Å²) in [4.78, 5) is 30.9. The van der Waals surface area contributed by atoms with E-state index in [-0.39, 0.29) is 5.91 Å². The maximum atomic E-state index is 12.1. The lowest BCUT2D eigenvalue weighted by Crippen LogP contribution is -2.34. The van der Waals surface area contributed by atoms with Gasteiger partial charge in [-0.1, -0.05) is 27.2 Å². The van der Waals surface area contributed by atoms with Crippen LogP contribution in [0.4, 0.5) is 0 Å². The summed E-state index contributed by atoms with van der Waals surface area (Å²) in [6.45, 7) is 8.73. The lowest BCUT2D eigenvalue weighted by Gasteiger charge is -2.36. The fourth-order valence-electron chi connectivity index (χ4n) is 2.73. The molecule has 0 aromatic carbocycles. The van der Waals surface area contributed by atoms with Crippen LogP contribution in [0, 0.1) is 0 Å². The van der Waals surface area contributed by atoms with E-state index in [1.165, 1.54) is 6.92 Å². The molecule has 0 spiro atoms. The maximum absolute atomic E-state index is 12.1. The zero-order valence-electron chi connectivity index (χ0n) is 13.2. The third-order valence-corrected chi connectivity index (χ3v) is 5.90. The van der Waals surface area contributed by atoms with Gasteiger partial charge in [-0.2, -0.15) is 0 Å². The summed E-state index contributed by atoms with van der Waals surface area (Å²) < 4.78 is 12.1. The molecule has 0 aliphatic heterocycles. The van der Waals surface area contributed by atoms with Crippen molar-refractivity contribution in [1.29, 1.82) is 0 Å². The molecule has 0 aromatic heterocycles. The van der Waals surface area contributed by atoms with Crippen LogP contribution in [0.2, 0.25) is 0 Å². The van der Waals surface area contributed by atoms with E-state index in [2.05, 4.69) is 5.32 Å². The van der Waals surface area contributed by atoms with Crippen LogP contribution in [0.5, 0.6) is 0 Å². The second-order valence-corrected chi connectivity index (χ2v) is 7.12. The Morgan fingerprint density at radius 1 is 1.15 bits per heavy atom. The second kappa shape index (κ2) is 7.96. The van der Waals surface area contributed by atoms with Crippen LogP contribution in [0.3, 0.4) is 0 Å². The van der Waals surface area contributed by atoms with Crippen LogP contribution in [-0.4, -0.2) is 20.9 Å². The summed E-state index contributed by atoms with van der Waals surface area (Å²) in [6, 6.07) is 0. The Bertz CT molecular complexity index is 407. The van der Waals surface area contributed by atoms with Crippen LogP contribution in [0.1, 0.15) is 66.7 Å². The number of hydrogen-bond donors (Lipinski definition) is 3. The highest BCUT2D eigenvalue weighted by Gasteiger charge is 2.47. The van der Waals surface area contributed by atoms with Gasteiger partial charge < -0.3 is 15.1 Å². The van der Waals surface area contributed by atoms with Gasteiger partial charge in [0.1, 0.15) is 0 Å². The molecule has 0 radical (unpaired) electrons. The highest BCUT2D eigenvalue weighted by molar-refractivity contribution is 7.53. The van der Waals surface area contributed by atoms with E-state index in [4.69, 9.17) is 0 Å². The van der Waals surface area contributed by atoms with Gasteiger partial charge in [0.2, 0.25) is 5.91 Å². The molecule has 20 heavy (non-hydrogen) atoms. The first kappa shape index (κ1) is 19.4. The van der Waals surface area contributed by atoms with Gasteiger partial charge in [-0.15, -0.1) is 0 Å². The zero-order valence-corrected chi connectivity index (χ0v) is 14.1. The minimum atomic E-state index is -4.31. The van der Waals surface area contributed by atoms with Crippen molar-refractivity contribution in [3.05, 3.63) is 11.3 Å². The Morgan fingerprint density at radius 3 is 1.95 bits per heavy atom. The Kier molecular flexibility index (Phi) is 7.71. The molecule has 3 N–H and O–H groups in total. The predicted octanol–water partition coefficient (Wildman–Crippen LogP) is 3.32. The van der Waals surface area contributed by atoms with Gasteiger partial charge in [0.15, 0.2) is 0 Å². The van der Waals surface area contributed by atoms with E-state index >= 15 is 0 Å². The molecule has 0 bridgehead atoms. The van der Waals surface area contributed by atoms with Gasteiger partial charge in [0.25, 0.3) is 0 Å². The van der Waals surface area contributed by atoms with Crippen molar-refractivity contribution in [3.63, 3.8) is 0 Å². The summed E-state index contributed by atoms with van der Waals surface area (Å²) >= 11 is 0. The third-order valence-electron chi connectivity index (χ3n) is 3.89. The number of allylic oxidation sites excluding steroid dienone is 2. The Morgan fingerprint density at radius 2 is 1.65 bits per heavy atom.